The van der Waals surface area contributed by atoms with E-state index in [9.17, 15) is 5.11 Å². The quantitative estimate of drug-likeness (QED) is 0.923. The van der Waals surface area contributed by atoms with Crippen LogP contribution in [0.3, 0.4) is 0 Å². The molecule has 0 aliphatic heterocycles. The molecule has 2 rings (SSSR count). The second kappa shape index (κ2) is 5.70. The van der Waals surface area contributed by atoms with Crippen molar-refractivity contribution in [2.75, 3.05) is 0 Å². The highest BCUT2D eigenvalue weighted by Crippen LogP contribution is 2.25. The summed E-state index contributed by atoms with van der Waals surface area (Å²) in [4.78, 5) is 4.20. The Bertz CT molecular complexity index is 540. The van der Waals surface area contributed by atoms with Crippen LogP contribution in [0.15, 0.2) is 36.5 Å². The van der Waals surface area contributed by atoms with Gasteiger partial charge in [0.05, 0.1) is 11.8 Å². The van der Waals surface area contributed by atoms with E-state index in [1.165, 1.54) is 0 Å². The van der Waals surface area contributed by atoms with Crippen LogP contribution in [0.2, 0.25) is 10.0 Å². The topological polar surface area (TPSA) is 33.1 Å². The minimum absolute atomic E-state index is 0.423. The molecule has 0 fully saturated rings. The van der Waals surface area contributed by atoms with Crippen molar-refractivity contribution in [3.8, 4) is 0 Å². The first kappa shape index (κ1) is 13.3. The molecule has 0 spiro atoms. The highest BCUT2D eigenvalue weighted by Gasteiger charge is 2.12. The van der Waals surface area contributed by atoms with E-state index in [0.717, 1.165) is 11.1 Å². The lowest BCUT2D eigenvalue weighted by Gasteiger charge is -2.11. The minimum Gasteiger partial charge on any atom is -0.386 e. The van der Waals surface area contributed by atoms with Crippen molar-refractivity contribution in [2.24, 2.45) is 0 Å². The summed E-state index contributed by atoms with van der Waals surface area (Å²) in [5.74, 6) is 0. The molecular weight excluding hydrogens is 269 g/mol. The van der Waals surface area contributed by atoms with E-state index in [1.807, 2.05) is 25.1 Å². The van der Waals surface area contributed by atoms with Crippen LogP contribution in [0.5, 0.6) is 0 Å². The van der Waals surface area contributed by atoms with E-state index in [-0.39, 0.29) is 0 Å². The SMILES string of the molecule is Cc1ccc(C(O)Cc2ccc(Cl)cc2Cl)nc1. The lowest BCUT2D eigenvalue weighted by atomic mass is 10.0. The number of benzene rings is 1. The lowest BCUT2D eigenvalue weighted by molar-refractivity contribution is 0.173. The number of aryl methyl sites for hydroxylation is 1. The number of rotatable bonds is 3. The van der Waals surface area contributed by atoms with Crippen molar-refractivity contribution >= 4 is 23.2 Å². The molecule has 4 heteroatoms. The van der Waals surface area contributed by atoms with Gasteiger partial charge in [0, 0.05) is 22.7 Å². The first-order valence-electron chi connectivity index (χ1n) is 5.61. The first-order chi connectivity index (χ1) is 8.56. The Labute approximate surface area is 116 Å². The summed E-state index contributed by atoms with van der Waals surface area (Å²) in [6, 6.07) is 9.01. The summed E-state index contributed by atoms with van der Waals surface area (Å²) < 4.78 is 0. The Morgan fingerprint density at radius 1 is 1.22 bits per heavy atom. The fourth-order valence-electron chi connectivity index (χ4n) is 1.68. The fraction of sp³-hybridized carbons (Fsp3) is 0.214. The van der Waals surface area contributed by atoms with Crippen molar-refractivity contribution in [3.05, 3.63) is 63.4 Å². The maximum Gasteiger partial charge on any atom is 0.1000 e. The van der Waals surface area contributed by atoms with Gasteiger partial charge >= 0.3 is 0 Å². The molecule has 0 aliphatic rings. The maximum absolute atomic E-state index is 10.1. The van der Waals surface area contributed by atoms with Gasteiger partial charge in [-0.05, 0) is 36.2 Å². The molecule has 1 aromatic carbocycles. The van der Waals surface area contributed by atoms with E-state index in [1.54, 1.807) is 18.3 Å². The number of hydrogen-bond donors (Lipinski definition) is 1. The molecule has 1 aromatic heterocycles. The normalized spacial score (nSPS) is 12.4. The Hall–Kier alpha value is -1.09. The molecular formula is C14H13Cl2NO. The van der Waals surface area contributed by atoms with Crippen LogP contribution in [0.4, 0.5) is 0 Å². The van der Waals surface area contributed by atoms with Crippen LogP contribution in [0, 0.1) is 6.92 Å². The molecule has 0 saturated carbocycles. The number of aliphatic hydroxyl groups excluding tert-OH is 1. The van der Waals surface area contributed by atoms with Gasteiger partial charge in [0.1, 0.15) is 0 Å². The predicted molar refractivity (Wildman–Crippen MR) is 74.1 cm³/mol. The molecule has 2 nitrogen and oxygen atoms in total. The predicted octanol–water partition coefficient (Wildman–Crippen LogP) is 3.97. The molecule has 94 valence electrons. The Morgan fingerprint density at radius 3 is 2.61 bits per heavy atom. The number of aromatic nitrogens is 1. The van der Waals surface area contributed by atoms with Gasteiger partial charge in [-0.3, -0.25) is 4.98 Å². The van der Waals surface area contributed by atoms with Gasteiger partial charge in [0.25, 0.3) is 0 Å². The summed E-state index contributed by atoms with van der Waals surface area (Å²) in [5, 5.41) is 11.3. The van der Waals surface area contributed by atoms with E-state index >= 15 is 0 Å². The smallest absolute Gasteiger partial charge is 0.1000 e. The molecule has 1 unspecified atom stereocenters. The van der Waals surface area contributed by atoms with Gasteiger partial charge in [-0.25, -0.2) is 0 Å². The van der Waals surface area contributed by atoms with Crippen LogP contribution in [0.25, 0.3) is 0 Å². The Kier molecular flexibility index (Phi) is 4.23. The number of nitrogens with zero attached hydrogens (tertiary/aromatic N) is 1. The van der Waals surface area contributed by atoms with Crippen LogP contribution >= 0.6 is 23.2 Å². The number of aliphatic hydroxyl groups is 1. The molecule has 0 radical (unpaired) electrons. The zero-order valence-corrected chi connectivity index (χ0v) is 11.4. The largest absolute Gasteiger partial charge is 0.386 e. The van der Waals surface area contributed by atoms with Gasteiger partial charge in [0.2, 0.25) is 0 Å². The summed E-state index contributed by atoms with van der Waals surface area (Å²) >= 11 is 11.9. The summed E-state index contributed by atoms with van der Waals surface area (Å²) in [7, 11) is 0. The van der Waals surface area contributed by atoms with Crippen LogP contribution in [-0.2, 0) is 6.42 Å². The summed E-state index contributed by atoms with van der Waals surface area (Å²) in [5.41, 5.74) is 2.57. The summed E-state index contributed by atoms with van der Waals surface area (Å²) in [6.45, 7) is 1.96. The average Bonchev–Trinajstić information content (AvgIpc) is 2.33. The fourth-order valence-corrected chi connectivity index (χ4v) is 2.16. The minimum atomic E-state index is -0.663. The first-order valence-corrected chi connectivity index (χ1v) is 6.36. The Balaban J connectivity index is 2.15. The van der Waals surface area contributed by atoms with Crippen molar-refractivity contribution in [1.29, 1.82) is 0 Å². The molecule has 0 aliphatic carbocycles. The number of pyridine rings is 1. The van der Waals surface area contributed by atoms with Gasteiger partial charge < -0.3 is 5.11 Å². The average molecular weight is 282 g/mol. The maximum atomic E-state index is 10.1. The van der Waals surface area contributed by atoms with Gasteiger partial charge in [-0.1, -0.05) is 35.3 Å². The molecule has 1 atom stereocenters. The van der Waals surface area contributed by atoms with E-state index in [2.05, 4.69) is 4.98 Å². The number of halogens is 2. The zero-order chi connectivity index (χ0) is 13.1. The zero-order valence-electron chi connectivity index (χ0n) is 9.90. The van der Waals surface area contributed by atoms with E-state index in [4.69, 9.17) is 23.2 Å². The van der Waals surface area contributed by atoms with Crippen molar-refractivity contribution < 1.29 is 5.11 Å². The molecule has 0 saturated heterocycles. The van der Waals surface area contributed by atoms with Crippen LogP contribution in [-0.4, -0.2) is 10.1 Å². The molecule has 2 aromatic rings. The van der Waals surface area contributed by atoms with E-state index in [0.29, 0.717) is 22.2 Å². The lowest BCUT2D eigenvalue weighted by Crippen LogP contribution is -2.04. The van der Waals surface area contributed by atoms with Crippen molar-refractivity contribution in [3.63, 3.8) is 0 Å². The second-order valence-electron chi connectivity index (χ2n) is 4.22. The van der Waals surface area contributed by atoms with Crippen molar-refractivity contribution in [1.82, 2.24) is 4.98 Å². The highest BCUT2D eigenvalue weighted by atomic mass is 35.5. The van der Waals surface area contributed by atoms with Gasteiger partial charge in [0.15, 0.2) is 0 Å². The Morgan fingerprint density at radius 2 is 2.00 bits per heavy atom. The summed E-state index contributed by atoms with van der Waals surface area (Å²) in [6.07, 6.45) is 1.50. The number of hydrogen-bond acceptors (Lipinski definition) is 2. The third-order valence-corrected chi connectivity index (χ3v) is 3.29. The second-order valence-corrected chi connectivity index (χ2v) is 5.06. The monoisotopic (exact) mass is 281 g/mol. The molecule has 1 heterocycles. The van der Waals surface area contributed by atoms with Crippen LogP contribution < -0.4 is 0 Å². The molecule has 1 N–H and O–H groups in total. The third-order valence-electron chi connectivity index (χ3n) is 2.70. The molecule has 0 amide bonds. The molecule has 0 bridgehead atoms. The van der Waals surface area contributed by atoms with Crippen molar-refractivity contribution in [2.45, 2.75) is 19.4 Å². The standard InChI is InChI=1S/C14H13Cl2NO/c1-9-2-5-13(17-8-9)14(18)6-10-3-4-11(15)7-12(10)16/h2-5,7-8,14,18H,6H2,1H3. The molecule has 18 heavy (non-hydrogen) atoms. The van der Waals surface area contributed by atoms with Gasteiger partial charge in [-0.15, -0.1) is 0 Å². The van der Waals surface area contributed by atoms with Gasteiger partial charge in [-0.2, -0.15) is 0 Å². The highest BCUT2D eigenvalue weighted by molar-refractivity contribution is 6.35. The third kappa shape index (κ3) is 3.22. The van der Waals surface area contributed by atoms with Crippen LogP contribution in [0.1, 0.15) is 22.9 Å². The van der Waals surface area contributed by atoms with E-state index < -0.39 is 6.10 Å².